The second-order valence-electron chi connectivity index (χ2n) is 9.62. The lowest BCUT2D eigenvalue weighted by atomic mass is 9.94. The van der Waals surface area contributed by atoms with Crippen LogP contribution in [0.25, 0.3) is 0 Å². The maximum Gasteiger partial charge on any atom is 0.333 e. The van der Waals surface area contributed by atoms with E-state index in [9.17, 15) is 22.7 Å². The minimum atomic E-state index is -4.09. The number of halogens is 2. The molecule has 208 valence electrons. The van der Waals surface area contributed by atoms with E-state index in [1.54, 1.807) is 12.1 Å². The molecule has 0 amide bonds. The van der Waals surface area contributed by atoms with Crippen LogP contribution in [0.3, 0.4) is 0 Å². The van der Waals surface area contributed by atoms with Gasteiger partial charge in [-0.05, 0) is 54.5 Å². The second kappa shape index (κ2) is 11.5. The average Bonchev–Trinajstić information content (AvgIpc) is 3.46. The minimum Gasteiger partial charge on any atom is -0.393 e. The molecule has 1 aromatic carbocycles. The highest BCUT2D eigenvalue weighted by molar-refractivity contribution is 7.84. The molecule has 3 aromatic rings. The van der Waals surface area contributed by atoms with Crippen LogP contribution >= 0.6 is 22.9 Å². The summed E-state index contributed by atoms with van der Waals surface area (Å²) in [4.78, 5) is 22.1. The molecular weight excluding hydrogens is 571 g/mol. The molecule has 4 N–H and O–H groups in total. The van der Waals surface area contributed by atoms with Gasteiger partial charge in [-0.15, -0.1) is 11.3 Å². The third-order valence-corrected chi connectivity index (χ3v) is 8.83. The molecule has 1 unspecified atom stereocenters. The molecule has 1 aliphatic heterocycles. The number of ketones is 1. The van der Waals surface area contributed by atoms with Crippen LogP contribution in [0, 0.1) is 17.7 Å². The van der Waals surface area contributed by atoms with Gasteiger partial charge in [0.25, 0.3) is 0 Å². The Morgan fingerprint density at radius 2 is 2.13 bits per heavy atom. The van der Waals surface area contributed by atoms with Crippen molar-refractivity contribution >= 4 is 44.8 Å². The van der Waals surface area contributed by atoms with Gasteiger partial charge < -0.3 is 15.2 Å². The lowest BCUT2D eigenvalue weighted by molar-refractivity contribution is 0.0698. The lowest BCUT2D eigenvalue weighted by Gasteiger charge is -2.26. The van der Waals surface area contributed by atoms with Gasteiger partial charge in [0.15, 0.2) is 0 Å². The number of benzene rings is 1. The van der Waals surface area contributed by atoms with Gasteiger partial charge in [0.1, 0.15) is 24.1 Å². The Hall–Kier alpha value is -2.52. The Morgan fingerprint density at radius 3 is 2.92 bits per heavy atom. The number of anilines is 1. The van der Waals surface area contributed by atoms with E-state index >= 15 is 0 Å². The largest absolute Gasteiger partial charge is 0.393 e. The van der Waals surface area contributed by atoms with Crippen molar-refractivity contribution in [2.75, 3.05) is 25.1 Å². The van der Waals surface area contributed by atoms with Crippen LogP contribution in [0.5, 0.6) is 0 Å². The monoisotopic (exact) mass is 596 g/mol. The molecule has 1 saturated carbocycles. The van der Waals surface area contributed by atoms with Gasteiger partial charge in [0.2, 0.25) is 5.78 Å². The molecule has 1 aliphatic carbocycles. The number of carbonyl (C=O) groups is 1. The summed E-state index contributed by atoms with van der Waals surface area (Å²) in [6.07, 6.45) is 3.00. The molecule has 1 fully saturated rings. The fourth-order valence-electron chi connectivity index (χ4n) is 5.10. The summed E-state index contributed by atoms with van der Waals surface area (Å²) in [7, 11) is -4.09. The number of nitrogens with one attached hydrogen (secondary N) is 1. The molecular formula is C25H26ClFN4O6S2. The van der Waals surface area contributed by atoms with Crippen LogP contribution in [-0.4, -0.2) is 55.1 Å². The summed E-state index contributed by atoms with van der Waals surface area (Å²) >= 11 is 7.65. The third-order valence-electron chi connectivity index (χ3n) is 6.98. The Labute approximate surface area is 233 Å². The number of aliphatic hydroxyl groups excluding tert-OH is 1. The number of carbonyl (C=O) groups excluding carboxylic acids is 1. The predicted octanol–water partition coefficient (Wildman–Crippen LogP) is 3.24. The molecule has 0 saturated heterocycles. The van der Waals surface area contributed by atoms with E-state index in [0.717, 1.165) is 16.9 Å². The van der Waals surface area contributed by atoms with Gasteiger partial charge in [-0.25, -0.2) is 19.5 Å². The van der Waals surface area contributed by atoms with Crippen molar-refractivity contribution in [3.8, 4) is 0 Å². The van der Waals surface area contributed by atoms with Crippen molar-refractivity contribution in [3.05, 3.63) is 74.1 Å². The molecule has 0 radical (unpaired) electrons. The van der Waals surface area contributed by atoms with E-state index in [2.05, 4.69) is 19.5 Å². The SMILES string of the molecule is NS(=O)(=O)OC[C@H]1C[C@@H](CNc2ncncc2C(=O)c2cc(C3OCCc4ccc(F)cc43)c(Cl)s2)C[C@@H]1O. The number of hydrogen-bond acceptors (Lipinski definition) is 10. The first-order chi connectivity index (χ1) is 18.6. The van der Waals surface area contributed by atoms with Crippen LogP contribution < -0.4 is 10.5 Å². The van der Waals surface area contributed by atoms with Crippen molar-refractivity contribution < 1.29 is 31.6 Å². The minimum absolute atomic E-state index is 0.0151. The molecule has 39 heavy (non-hydrogen) atoms. The van der Waals surface area contributed by atoms with Crippen molar-refractivity contribution in [1.82, 2.24) is 9.97 Å². The third kappa shape index (κ3) is 6.46. The number of ether oxygens (including phenoxy) is 1. The van der Waals surface area contributed by atoms with Crippen molar-refractivity contribution in [2.45, 2.75) is 31.5 Å². The first-order valence-electron chi connectivity index (χ1n) is 12.2. The summed E-state index contributed by atoms with van der Waals surface area (Å²) in [5.74, 6) is -0.784. The summed E-state index contributed by atoms with van der Waals surface area (Å²) in [6, 6.07) is 6.26. The summed E-state index contributed by atoms with van der Waals surface area (Å²) in [5.41, 5.74) is 2.50. The van der Waals surface area contributed by atoms with Crippen LogP contribution in [0.15, 0.2) is 36.8 Å². The highest BCUT2D eigenvalue weighted by Crippen LogP contribution is 2.41. The first-order valence-corrected chi connectivity index (χ1v) is 14.9. The topological polar surface area (TPSA) is 154 Å². The number of nitrogens with zero attached hydrogens (tertiary/aromatic N) is 2. The maximum absolute atomic E-state index is 14.0. The van der Waals surface area contributed by atoms with E-state index < -0.39 is 22.5 Å². The zero-order chi connectivity index (χ0) is 27.7. The van der Waals surface area contributed by atoms with Gasteiger partial charge >= 0.3 is 10.3 Å². The Bertz CT molecular complexity index is 1490. The number of aromatic nitrogens is 2. The molecule has 10 nitrogen and oxygen atoms in total. The highest BCUT2D eigenvalue weighted by Gasteiger charge is 2.34. The highest BCUT2D eigenvalue weighted by atomic mass is 35.5. The van der Waals surface area contributed by atoms with Gasteiger partial charge in [-0.2, -0.15) is 8.42 Å². The van der Waals surface area contributed by atoms with Crippen LogP contribution in [-0.2, 0) is 25.6 Å². The summed E-state index contributed by atoms with van der Waals surface area (Å²) in [5, 5.41) is 18.3. The lowest BCUT2D eigenvalue weighted by Crippen LogP contribution is -2.24. The molecule has 0 bridgehead atoms. The molecule has 2 aromatic heterocycles. The van der Waals surface area contributed by atoms with Crippen LogP contribution in [0.4, 0.5) is 10.2 Å². The van der Waals surface area contributed by atoms with Gasteiger partial charge in [-0.3, -0.25) is 8.98 Å². The van der Waals surface area contributed by atoms with E-state index in [1.165, 1.54) is 24.7 Å². The average molecular weight is 597 g/mol. The van der Waals surface area contributed by atoms with Crippen LogP contribution in [0.2, 0.25) is 4.34 Å². The van der Waals surface area contributed by atoms with E-state index in [1.807, 2.05) is 0 Å². The smallest absolute Gasteiger partial charge is 0.333 e. The Balaban J connectivity index is 1.30. The normalized spacial score (nSPS) is 23.0. The van der Waals surface area contributed by atoms with E-state index in [0.29, 0.717) is 58.6 Å². The van der Waals surface area contributed by atoms with E-state index in [4.69, 9.17) is 21.5 Å². The summed E-state index contributed by atoms with van der Waals surface area (Å²) in [6.45, 7) is 0.635. The number of rotatable bonds is 9. The molecule has 3 heterocycles. The Kier molecular flexibility index (Phi) is 8.29. The Morgan fingerprint density at radius 1 is 1.31 bits per heavy atom. The van der Waals surface area contributed by atoms with Gasteiger partial charge in [0.05, 0.1) is 34.1 Å². The number of aliphatic hydroxyl groups is 1. The van der Waals surface area contributed by atoms with Crippen LogP contribution in [0.1, 0.15) is 50.9 Å². The number of nitrogens with two attached hydrogens (primary N) is 1. The molecule has 5 rings (SSSR count). The number of hydrogen-bond donors (Lipinski definition) is 3. The zero-order valence-corrected chi connectivity index (χ0v) is 22.9. The summed E-state index contributed by atoms with van der Waals surface area (Å²) < 4.78 is 47.1. The predicted molar refractivity (Wildman–Crippen MR) is 142 cm³/mol. The van der Waals surface area contributed by atoms with Crippen molar-refractivity contribution in [2.24, 2.45) is 17.0 Å². The van der Waals surface area contributed by atoms with Gasteiger partial charge in [-0.1, -0.05) is 17.7 Å². The maximum atomic E-state index is 14.0. The molecule has 4 atom stereocenters. The van der Waals surface area contributed by atoms with Crippen molar-refractivity contribution in [3.63, 3.8) is 0 Å². The van der Waals surface area contributed by atoms with Gasteiger partial charge in [0, 0.05) is 24.2 Å². The fourth-order valence-corrected chi connectivity index (χ4v) is 6.73. The quantitative estimate of drug-likeness (QED) is 0.316. The first kappa shape index (κ1) is 28.0. The standard InChI is InChI=1S/C25H26ClFN4O6S2/c26-24-18(23-17-7-16(27)2-1-14(17)3-4-36-23)8-21(38-24)22(33)19-10-29-12-31-25(19)30-9-13-5-15(20(32)6-13)11-37-39(28,34)35/h1-2,7-8,10,12-13,15,20,23,32H,3-6,9,11H2,(H2,28,34,35)(H,29,30,31)/t13-,15-,20+,23?/m1/s1. The van der Waals surface area contributed by atoms with Crippen molar-refractivity contribution in [1.29, 1.82) is 0 Å². The second-order valence-corrected chi connectivity index (χ2v) is 12.5. The molecule has 0 spiro atoms. The molecule has 2 aliphatic rings. The zero-order valence-electron chi connectivity index (χ0n) is 20.5. The van der Waals surface area contributed by atoms with E-state index in [-0.39, 0.29) is 35.6 Å². The fraction of sp³-hybridized carbons (Fsp3) is 0.400. The molecule has 14 heteroatoms. The number of fused-ring (bicyclic) bond motifs is 1. The number of thiophene rings is 1.